The van der Waals surface area contributed by atoms with Crippen molar-refractivity contribution >= 4 is 17.4 Å². The van der Waals surface area contributed by atoms with Crippen molar-refractivity contribution in [1.29, 1.82) is 0 Å². The first-order valence-corrected chi connectivity index (χ1v) is 9.91. The Kier molecular flexibility index (Phi) is 4.65. The standard InChI is InChI=1S/C21H21N7O4/c1-11-18-13(12-5-6-14(30-2)20(32-4)19(12)31-3)9-17(29)23-21(18)28(25-11)16-8-7-15-24-22-10-27(15)26-16/h5-8,10,13H,9H2,1-4H3,(H,23,29)/t13-/m1/s1. The third kappa shape index (κ3) is 2.93. The molecule has 1 aliphatic rings. The van der Waals surface area contributed by atoms with E-state index in [2.05, 4.69) is 25.7 Å². The van der Waals surface area contributed by atoms with E-state index < -0.39 is 0 Å². The second-order valence-electron chi connectivity index (χ2n) is 7.31. The minimum atomic E-state index is -0.291. The molecule has 0 bridgehead atoms. The summed E-state index contributed by atoms with van der Waals surface area (Å²) < 4.78 is 19.8. The number of amides is 1. The molecule has 0 aliphatic carbocycles. The Hall–Kier alpha value is -4.15. The Balaban J connectivity index is 1.69. The highest BCUT2D eigenvalue weighted by molar-refractivity contribution is 5.95. The number of carbonyl (C=O) groups excluding carboxylic acids is 1. The molecular formula is C21H21N7O4. The molecule has 11 nitrogen and oxygen atoms in total. The summed E-state index contributed by atoms with van der Waals surface area (Å²) >= 11 is 0. The maximum atomic E-state index is 12.8. The van der Waals surface area contributed by atoms with E-state index in [4.69, 9.17) is 14.2 Å². The molecule has 11 heteroatoms. The molecule has 1 atom stereocenters. The number of nitrogens with one attached hydrogen (secondary N) is 1. The normalized spacial score (nSPS) is 15.4. The van der Waals surface area contributed by atoms with E-state index in [-0.39, 0.29) is 18.2 Å². The van der Waals surface area contributed by atoms with Crippen LogP contribution in [0.3, 0.4) is 0 Å². The first-order valence-electron chi connectivity index (χ1n) is 9.91. The first kappa shape index (κ1) is 19.8. The summed E-state index contributed by atoms with van der Waals surface area (Å²) in [5, 5.41) is 20.0. The highest BCUT2D eigenvalue weighted by Crippen LogP contribution is 2.48. The Morgan fingerprint density at radius 3 is 2.59 bits per heavy atom. The van der Waals surface area contributed by atoms with Crippen LogP contribution in [0.15, 0.2) is 30.6 Å². The van der Waals surface area contributed by atoms with Crippen LogP contribution in [0.4, 0.5) is 5.82 Å². The number of benzene rings is 1. The van der Waals surface area contributed by atoms with Crippen molar-refractivity contribution in [2.24, 2.45) is 0 Å². The molecule has 0 unspecified atom stereocenters. The Morgan fingerprint density at radius 1 is 1.03 bits per heavy atom. The van der Waals surface area contributed by atoms with Gasteiger partial charge in [-0.25, -0.2) is 0 Å². The van der Waals surface area contributed by atoms with Crippen LogP contribution in [0.5, 0.6) is 17.2 Å². The summed E-state index contributed by atoms with van der Waals surface area (Å²) in [6.45, 7) is 1.91. The molecule has 164 valence electrons. The van der Waals surface area contributed by atoms with Gasteiger partial charge >= 0.3 is 0 Å². The van der Waals surface area contributed by atoms with Crippen LogP contribution in [0.2, 0.25) is 0 Å². The second-order valence-corrected chi connectivity index (χ2v) is 7.31. The van der Waals surface area contributed by atoms with E-state index >= 15 is 0 Å². The summed E-state index contributed by atoms with van der Waals surface area (Å²) in [7, 11) is 4.69. The van der Waals surface area contributed by atoms with E-state index in [1.165, 1.54) is 6.33 Å². The SMILES string of the molecule is COc1ccc([C@H]2CC(=O)Nc3c2c(C)nn3-c2ccc3nncn3n2)c(OC)c1OC. The number of nitrogens with zero attached hydrogens (tertiary/aromatic N) is 6. The topological polar surface area (TPSA) is 118 Å². The molecule has 4 aromatic rings. The highest BCUT2D eigenvalue weighted by atomic mass is 16.5. The smallest absolute Gasteiger partial charge is 0.226 e. The Bertz CT molecular complexity index is 1340. The summed E-state index contributed by atoms with van der Waals surface area (Å²) in [4.78, 5) is 12.8. The summed E-state index contributed by atoms with van der Waals surface area (Å²) in [6.07, 6.45) is 1.75. The summed E-state index contributed by atoms with van der Waals surface area (Å²) in [5.74, 6) is 2.22. The van der Waals surface area contributed by atoms with Gasteiger partial charge in [0.25, 0.3) is 0 Å². The molecule has 4 heterocycles. The number of anilines is 1. The summed E-state index contributed by atoms with van der Waals surface area (Å²) in [5.41, 5.74) is 3.09. The number of ether oxygens (including phenoxy) is 3. The molecule has 0 saturated carbocycles. The number of aryl methyl sites for hydroxylation is 1. The second kappa shape index (κ2) is 7.52. The van der Waals surface area contributed by atoms with Gasteiger partial charge in [0.15, 0.2) is 23.0 Å². The number of hydrogen-bond acceptors (Lipinski definition) is 8. The van der Waals surface area contributed by atoms with Gasteiger partial charge in [-0.1, -0.05) is 6.07 Å². The van der Waals surface area contributed by atoms with Gasteiger partial charge in [-0.05, 0) is 25.1 Å². The largest absolute Gasteiger partial charge is 0.493 e. The molecule has 0 fully saturated rings. The fourth-order valence-corrected chi connectivity index (χ4v) is 4.21. The predicted molar refractivity (Wildman–Crippen MR) is 114 cm³/mol. The zero-order valence-electron chi connectivity index (χ0n) is 18.0. The first-order chi connectivity index (χ1) is 15.5. The molecule has 1 aliphatic heterocycles. The molecule has 1 N–H and O–H groups in total. The molecule has 0 saturated heterocycles. The van der Waals surface area contributed by atoms with Crippen molar-refractivity contribution in [2.45, 2.75) is 19.3 Å². The molecule has 0 spiro atoms. The Labute approximate surface area is 182 Å². The third-order valence-electron chi connectivity index (χ3n) is 5.58. The van der Waals surface area contributed by atoms with Gasteiger partial charge in [-0.3, -0.25) is 4.79 Å². The number of rotatable bonds is 5. The third-order valence-corrected chi connectivity index (χ3v) is 5.58. The lowest BCUT2D eigenvalue weighted by Crippen LogP contribution is -2.25. The van der Waals surface area contributed by atoms with Crippen LogP contribution in [0.1, 0.15) is 29.2 Å². The zero-order chi connectivity index (χ0) is 22.4. The lowest BCUT2D eigenvalue weighted by molar-refractivity contribution is -0.116. The fourth-order valence-electron chi connectivity index (χ4n) is 4.21. The van der Waals surface area contributed by atoms with Crippen molar-refractivity contribution in [3.05, 3.63) is 47.4 Å². The summed E-state index contributed by atoms with van der Waals surface area (Å²) in [6, 6.07) is 7.28. The van der Waals surface area contributed by atoms with Crippen molar-refractivity contribution in [1.82, 2.24) is 29.6 Å². The fraction of sp³-hybridized carbons (Fsp3) is 0.286. The van der Waals surface area contributed by atoms with E-state index in [0.29, 0.717) is 34.5 Å². The van der Waals surface area contributed by atoms with E-state index in [1.807, 2.05) is 19.1 Å². The number of fused-ring (bicyclic) bond motifs is 2. The quantitative estimate of drug-likeness (QED) is 0.507. The van der Waals surface area contributed by atoms with E-state index in [1.54, 1.807) is 42.7 Å². The van der Waals surface area contributed by atoms with Crippen LogP contribution in [0, 0.1) is 6.92 Å². The van der Waals surface area contributed by atoms with E-state index in [9.17, 15) is 4.79 Å². The maximum Gasteiger partial charge on any atom is 0.226 e. The van der Waals surface area contributed by atoms with E-state index in [0.717, 1.165) is 16.8 Å². The molecule has 1 amide bonds. The minimum absolute atomic E-state index is 0.133. The molecule has 3 aromatic heterocycles. The van der Waals surface area contributed by atoms with Crippen LogP contribution in [-0.2, 0) is 4.79 Å². The van der Waals surface area contributed by atoms with Gasteiger partial charge in [0.2, 0.25) is 11.7 Å². The highest BCUT2D eigenvalue weighted by Gasteiger charge is 2.35. The Morgan fingerprint density at radius 2 is 1.84 bits per heavy atom. The lowest BCUT2D eigenvalue weighted by Gasteiger charge is -2.26. The molecule has 0 radical (unpaired) electrons. The minimum Gasteiger partial charge on any atom is -0.493 e. The lowest BCUT2D eigenvalue weighted by atomic mass is 9.85. The molecule has 1 aromatic carbocycles. The monoisotopic (exact) mass is 435 g/mol. The zero-order valence-corrected chi connectivity index (χ0v) is 18.0. The van der Waals surface area contributed by atoms with Crippen molar-refractivity contribution < 1.29 is 19.0 Å². The van der Waals surface area contributed by atoms with Gasteiger partial charge in [0, 0.05) is 23.5 Å². The average molecular weight is 435 g/mol. The van der Waals surface area contributed by atoms with Crippen LogP contribution in [-0.4, -0.2) is 56.8 Å². The number of hydrogen-bond donors (Lipinski definition) is 1. The van der Waals surface area contributed by atoms with Crippen LogP contribution in [0.25, 0.3) is 11.5 Å². The number of methoxy groups -OCH3 is 3. The number of carbonyl (C=O) groups is 1. The van der Waals surface area contributed by atoms with Gasteiger partial charge in [0.1, 0.15) is 12.1 Å². The van der Waals surface area contributed by atoms with Gasteiger partial charge in [-0.15, -0.1) is 15.3 Å². The van der Waals surface area contributed by atoms with Crippen LogP contribution < -0.4 is 19.5 Å². The van der Waals surface area contributed by atoms with Gasteiger partial charge in [-0.2, -0.15) is 14.3 Å². The molecular weight excluding hydrogens is 414 g/mol. The van der Waals surface area contributed by atoms with Crippen molar-refractivity contribution in [3.63, 3.8) is 0 Å². The van der Waals surface area contributed by atoms with Crippen molar-refractivity contribution in [2.75, 3.05) is 26.6 Å². The molecule has 5 rings (SSSR count). The maximum absolute atomic E-state index is 12.8. The van der Waals surface area contributed by atoms with Crippen LogP contribution >= 0.6 is 0 Å². The van der Waals surface area contributed by atoms with Crippen molar-refractivity contribution in [3.8, 4) is 23.1 Å². The molecule has 32 heavy (non-hydrogen) atoms. The predicted octanol–water partition coefficient (Wildman–Crippen LogP) is 2.12. The average Bonchev–Trinajstić information content (AvgIpc) is 3.41. The van der Waals surface area contributed by atoms with Gasteiger partial charge in [0.05, 0.1) is 27.0 Å². The van der Waals surface area contributed by atoms with Gasteiger partial charge < -0.3 is 19.5 Å². The number of aromatic nitrogens is 6.